The molecular formula is C29H37N3O2. The largest absolute Gasteiger partial charge is 0.275 e. The number of carbonyl (C=O) groups excluding carboxylic acids is 2. The highest BCUT2D eigenvalue weighted by Gasteiger charge is 2.62. The van der Waals surface area contributed by atoms with Crippen LogP contribution in [0.15, 0.2) is 58.2 Å². The molecule has 1 saturated carbocycles. The second kappa shape index (κ2) is 7.16. The van der Waals surface area contributed by atoms with E-state index in [2.05, 4.69) is 40.7 Å². The minimum Gasteiger partial charge on any atom is -0.275 e. The zero-order valence-corrected chi connectivity index (χ0v) is 21.7. The fourth-order valence-corrected chi connectivity index (χ4v) is 7.86. The Morgan fingerprint density at radius 2 is 1.59 bits per heavy atom. The quantitative estimate of drug-likeness (QED) is 0.500. The predicted molar refractivity (Wildman–Crippen MR) is 136 cm³/mol. The lowest BCUT2D eigenvalue weighted by Gasteiger charge is -2.63. The van der Waals surface area contributed by atoms with Crippen molar-refractivity contribution in [2.24, 2.45) is 21.2 Å². The van der Waals surface area contributed by atoms with Crippen LogP contribution in [0.4, 0.5) is 5.69 Å². The second-order valence-electron chi connectivity index (χ2n) is 12.8. The molecule has 0 N–H and O–H groups in total. The molecule has 1 aliphatic heterocycles. The van der Waals surface area contributed by atoms with Crippen LogP contribution in [0.3, 0.4) is 0 Å². The molecule has 5 nitrogen and oxygen atoms in total. The van der Waals surface area contributed by atoms with Crippen molar-refractivity contribution in [1.82, 2.24) is 4.90 Å². The Labute approximate surface area is 203 Å². The van der Waals surface area contributed by atoms with Crippen molar-refractivity contribution in [2.75, 3.05) is 4.90 Å². The van der Waals surface area contributed by atoms with Crippen LogP contribution in [0.25, 0.3) is 0 Å². The number of para-hydroxylation sites is 1. The standard InChI is InChI=1S/C29H37N3O2/c1-19(33)31(22-11-9-8-10-12-22)25-30-23-15-26(3,4)13-21-14-28(7)16-27(5,6)17-29(18-28,24(21)23)32(25)20(2)34/h8-12,14H,13,15-18H2,1-7H3. The van der Waals surface area contributed by atoms with E-state index in [1.54, 1.807) is 18.7 Å². The lowest BCUT2D eigenvalue weighted by Crippen LogP contribution is -2.68. The number of rotatable bonds is 1. The third-order valence-corrected chi connectivity index (χ3v) is 7.97. The molecule has 5 rings (SSSR count). The average molecular weight is 460 g/mol. The predicted octanol–water partition coefficient (Wildman–Crippen LogP) is 6.23. The molecule has 3 aliphatic carbocycles. The van der Waals surface area contributed by atoms with E-state index >= 15 is 0 Å². The SMILES string of the molecule is CC(=O)N(C1=NC2=C3C(=CC4(C)CC(C)(C)CC3(C4)N1C(C)=O)CC(C)(C)C2)c1ccccc1. The van der Waals surface area contributed by atoms with Crippen LogP contribution in [-0.2, 0) is 9.59 Å². The Morgan fingerprint density at radius 3 is 2.21 bits per heavy atom. The number of anilines is 1. The normalized spacial score (nSPS) is 30.7. The number of hydrogen-bond acceptors (Lipinski definition) is 3. The van der Waals surface area contributed by atoms with Crippen molar-refractivity contribution in [3.63, 3.8) is 0 Å². The van der Waals surface area contributed by atoms with Gasteiger partial charge in [-0.05, 0) is 66.1 Å². The van der Waals surface area contributed by atoms with Gasteiger partial charge in [-0.15, -0.1) is 0 Å². The van der Waals surface area contributed by atoms with Crippen LogP contribution in [-0.4, -0.2) is 28.2 Å². The highest BCUT2D eigenvalue weighted by molar-refractivity contribution is 6.20. The molecule has 1 heterocycles. The summed E-state index contributed by atoms with van der Waals surface area (Å²) in [6.07, 6.45) is 7.16. The van der Waals surface area contributed by atoms with Crippen LogP contribution in [0.2, 0.25) is 0 Å². The summed E-state index contributed by atoms with van der Waals surface area (Å²) in [7, 11) is 0. The number of benzene rings is 1. The third-order valence-electron chi connectivity index (χ3n) is 7.97. The number of nitrogens with zero attached hydrogens (tertiary/aromatic N) is 3. The molecule has 4 aliphatic rings. The molecule has 0 radical (unpaired) electrons. The average Bonchev–Trinajstić information content (AvgIpc) is 2.64. The molecule has 1 aromatic carbocycles. The summed E-state index contributed by atoms with van der Waals surface area (Å²) in [5, 5.41) is 0. The molecule has 2 unspecified atom stereocenters. The van der Waals surface area contributed by atoms with E-state index in [-0.39, 0.29) is 28.1 Å². The highest BCUT2D eigenvalue weighted by atomic mass is 16.2. The fraction of sp³-hybridized carbons (Fsp3) is 0.552. The second-order valence-corrected chi connectivity index (χ2v) is 12.8. The number of carbonyl (C=O) groups is 2. The first-order chi connectivity index (χ1) is 15.8. The zero-order chi connectivity index (χ0) is 24.7. The van der Waals surface area contributed by atoms with Gasteiger partial charge >= 0.3 is 0 Å². The van der Waals surface area contributed by atoms with Gasteiger partial charge in [-0.3, -0.25) is 19.4 Å². The van der Waals surface area contributed by atoms with Gasteiger partial charge in [0.1, 0.15) is 0 Å². The number of allylic oxidation sites excluding steroid dienone is 2. The Balaban J connectivity index is 1.82. The van der Waals surface area contributed by atoms with E-state index in [9.17, 15) is 9.59 Å². The molecule has 2 amide bonds. The molecule has 180 valence electrons. The minimum absolute atomic E-state index is 0.0108. The summed E-state index contributed by atoms with van der Waals surface area (Å²) in [4.78, 5) is 35.4. The van der Waals surface area contributed by atoms with E-state index in [1.807, 2.05) is 35.2 Å². The number of fused-ring (bicyclic) bond motifs is 1. The molecule has 0 aromatic heterocycles. The van der Waals surface area contributed by atoms with Crippen LogP contribution in [0, 0.1) is 16.2 Å². The Hall–Kier alpha value is -2.69. The van der Waals surface area contributed by atoms with E-state index in [1.165, 1.54) is 11.1 Å². The van der Waals surface area contributed by atoms with Crippen molar-refractivity contribution in [3.8, 4) is 0 Å². The topological polar surface area (TPSA) is 53.0 Å². The van der Waals surface area contributed by atoms with E-state index < -0.39 is 5.54 Å². The maximum absolute atomic E-state index is 13.5. The highest BCUT2D eigenvalue weighted by Crippen LogP contribution is 2.64. The van der Waals surface area contributed by atoms with Gasteiger partial charge in [-0.2, -0.15) is 0 Å². The maximum atomic E-state index is 13.5. The Bertz CT molecular complexity index is 1170. The molecule has 2 bridgehead atoms. The molecule has 34 heavy (non-hydrogen) atoms. The maximum Gasteiger partial charge on any atom is 0.230 e. The van der Waals surface area contributed by atoms with Crippen molar-refractivity contribution < 1.29 is 9.59 Å². The first kappa shape index (κ1) is 23.1. The van der Waals surface area contributed by atoms with Gasteiger partial charge < -0.3 is 0 Å². The summed E-state index contributed by atoms with van der Waals surface area (Å²) >= 11 is 0. The summed E-state index contributed by atoms with van der Waals surface area (Å²) in [5.74, 6) is 0.263. The number of aliphatic imine (C=N–C) groups is 1. The summed E-state index contributed by atoms with van der Waals surface area (Å²) in [6, 6.07) is 9.60. The van der Waals surface area contributed by atoms with E-state index in [0.29, 0.717) is 5.96 Å². The third kappa shape index (κ3) is 3.47. The van der Waals surface area contributed by atoms with Gasteiger partial charge in [0.25, 0.3) is 0 Å². The van der Waals surface area contributed by atoms with E-state index in [4.69, 9.17) is 4.99 Å². The van der Waals surface area contributed by atoms with Crippen molar-refractivity contribution >= 4 is 23.5 Å². The molecule has 0 saturated heterocycles. The lowest BCUT2D eigenvalue weighted by molar-refractivity contribution is -0.132. The number of hydrogen-bond donors (Lipinski definition) is 0. The van der Waals surface area contributed by atoms with Gasteiger partial charge in [0.2, 0.25) is 17.8 Å². The molecule has 5 heteroatoms. The zero-order valence-electron chi connectivity index (χ0n) is 21.7. The number of guanidine groups is 1. The molecule has 2 atom stereocenters. The molecule has 1 spiro atoms. The smallest absolute Gasteiger partial charge is 0.230 e. The summed E-state index contributed by atoms with van der Waals surface area (Å²) in [5.41, 5.74) is 4.03. The first-order valence-corrected chi connectivity index (χ1v) is 12.5. The minimum atomic E-state index is -0.488. The summed E-state index contributed by atoms with van der Waals surface area (Å²) < 4.78 is 0. The van der Waals surface area contributed by atoms with Gasteiger partial charge in [-0.25, -0.2) is 4.99 Å². The van der Waals surface area contributed by atoms with Gasteiger partial charge in [0.05, 0.1) is 16.9 Å². The van der Waals surface area contributed by atoms with Crippen molar-refractivity contribution in [3.05, 3.63) is 53.3 Å². The van der Waals surface area contributed by atoms with Crippen molar-refractivity contribution in [2.45, 2.75) is 86.1 Å². The molecule has 1 aromatic rings. The van der Waals surface area contributed by atoms with Crippen molar-refractivity contribution in [1.29, 1.82) is 0 Å². The van der Waals surface area contributed by atoms with E-state index in [0.717, 1.165) is 43.5 Å². The fourth-order valence-electron chi connectivity index (χ4n) is 7.86. The first-order valence-electron chi connectivity index (χ1n) is 12.5. The Morgan fingerprint density at radius 1 is 0.912 bits per heavy atom. The van der Waals surface area contributed by atoms with Crippen LogP contribution < -0.4 is 4.90 Å². The Kier molecular flexibility index (Phi) is 4.86. The van der Waals surface area contributed by atoms with Crippen LogP contribution in [0.5, 0.6) is 0 Å². The van der Waals surface area contributed by atoms with Gasteiger partial charge in [0.15, 0.2) is 0 Å². The van der Waals surface area contributed by atoms with Crippen LogP contribution >= 0.6 is 0 Å². The van der Waals surface area contributed by atoms with Gasteiger partial charge in [0, 0.05) is 19.4 Å². The van der Waals surface area contributed by atoms with Crippen LogP contribution in [0.1, 0.15) is 80.6 Å². The lowest BCUT2D eigenvalue weighted by atomic mass is 9.49. The monoisotopic (exact) mass is 459 g/mol. The molecular weight excluding hydrogens is 422 g/mol. The van der Waals surface area contributed by atoms with Gasteiger partial charge in [-0.1, -0.05) is 58.9 Å². The number of amides is 2. The molecule has 1 fully saturated rings. The summed E-state index contributed by atoms with van der Waals surface area (Å²) in [6.45, 7) is 14.8.